The lowest BCUT2D eigenvalue weighted by Crippen LogP contribution is -2.49. The van der Waals surface area contributed by atoms with Crippen molar-refractivity contribution < 1.29 is 4.79 Å². The maximum absolute atomic E-state index is 14.2. The highest BCUT2D eigenvalue weighted by Gasteiger charge is 2.60. The molecule has 2 saturated heterocycles. The lowest BCUT2D eigenvalue weighted by atomic mass is 9.69. The van der Waals surface area contributed by atoms with Gasteiger partial charge < -0.3 is 4.90 Å². The quantitative estimate of drug-likeness (QED) is 0.694. The summed E-state index contributed by atoms with van der Waals surface area (Å²) < 4.78 is 1.96. The van der Waals surface area contributed by atoms with E-state index in [-0.39, 0.29) is 5.41 Å². The van der Waals surface area contributed by atoms with Crippen LogP contribution in [0.4, 0.5) is 0 Å². The highest BCUT2D eigenvalue weighted by Crippen LogP contribution is 2.54. The smallest absolute Gasteiger partial charge is 0.231 e. The average molecular weight is 421 g/mol. The molecule has 0 saturated carbocycles. The number of nitrogens with zero attached hydrogens (tertiary/aromatic N) is 4. The predicted molar refractivity (Wildman–Crippen MR) is 122 cm³/mol. The third-order valence-corrected chi connectivity index (χ3v) is 8.29. The fourth-order valence-electron chi connectivity index (χ4n) is 6.38. The van der Waals surface area contributed by atoms with Gasteiger partial charge in [-0.15, -0.1) is 0 Å². The number of carbonyl (C=O) groups is 1. The molecular weight excluding hydrogens is 384 g/mol. The third kappa shape index (κ3) is 3.42. The molecule has 0 spiro atoms. The van der Waals surface area contributed by atoms with Gasteiger partial charge >= 0.3 is 0 Å². The van der Waals surface area contributed by atoms with Crippen LogP contribution in [-0.2, 0) is 31.5 Å². The molecule has 31 heavy (non-hydrogen) atoms. The lowest BCUT2D eigenvalue weighted by molar-refractivity contribution is -0.145. The van der Waals surface area contributed by atoms with E-state index in [4.69, 9.17) is 0 Å². The summed E-state index contributed by atoms with van der Waals surface area (Å²) in [4.78, 5) is 19.0. The number of aromatic nitrogens is 2. The van der Waals surface area contributed by atoms with Gasteiger partial charge in [0.1, 0.15) is 0 Å². The molecule has 5 nitrogen and oxygen atoms in total. The molecule has 0 aliphatic carbocycles. The standard InChI is InChI=1S/C26H36N4O/c1-18(2)11-12-26(25(31)29-15-20-7-5-6-8-21(20)16-29)13-23-9-10-24(26)30(23)17-22-14-27-28(4)19(22)3/h5-8,14,18,23-24H,9-13,15-17H2,1-4H3/t23-,24+,26+/m1/s1. The van der Waals surface area contributed by atoms with Crippen molar-refractivity contribution >= 4 is 5.91 Å². The van der Waals surface area contributed by atoms with Crippen molar-refractivity contribution in [1.29, 1.82) is 0 Å². The minimum Gasteiger partial charge on any atom is -0.333 e. The maximum Gasteiger partial charge on any atom is 0.231 e. The Labute approximate surface area is 186 Å². The molecule has 1 aromatic heterocycles. The number of benzene rings is 1. The highest BCUT2D eigenvalue weighted by molar-refractivity contribution is 5.85. The Morgan fingerprint density at radius 1 is 1.19 bits per heavy atom. The number of rotatable bonds is 6. The largest absolute Gasteiger partial charge is 0.333 e. The summed E-state index contributed by atoms with van der Waals surface area (Å²) in [5.41, 5.74) is 4.95. The summed E-state index contributed by atoms with van der Waals surface area (Å²) in [7, 11) is 2.01. The van der Waals surface area contributed by atoms with Crippen LogP contribution < -0.4 is 0 Å². The number of hydrogen-bond acceptors (Lipinski definition) is 3. The molecule has 4 heterocycles. The van der Waals surface area contributed by atoms with Crippen molar-refractivity contribution in [2.75, 3.05) is 0 Å². The molecule has 3 atom stereocenters. The summed E-state index contributed by atoms with van der Waals surface area (Å²) in [6, 6.07) is 9.43. The highest BCUT2D eigenvalue weighted by atomic mass is 16.2. The number of fused-ring (bicyclic) bond motifs is 3. The summed E-state index contributed by atoms with van der Waals surface area (Å²) in [6.07, 6.45) is 7.54. The minimum absolute atomic E-state index is 0.231. The Hall–Kier alpha value is -2.14. The van der Waals surface area contributed by atoms with Crippen LogP contribution >= 0.6 is 0 Å². The van der Waals surface area contributed by atoms with E-state index in [9.17, 15) is 4.79 Å². The normalized spacial score (nSPS) is 27.5. The third-order valence-electron chi connectivity index (χ3n) is 8.29. The van der Waals surface area contributed by atoms with Crippen LogP contribution in [0, 0.1) is 18.3 Å². The molecule has 2 fully saturated rings. The first-order chi connectivity index (χ1) is 14.9. The van der Waals surface area contributed by atoms with E-state index in [1.165, 1.54) is 28.8 Å². The van der Waals surface area contributed by atoms with E-state index in [2.05, 4.69) is 59.9 Å². The summed E-state index contributed by atoms with van der Waals surface area (Å²) in [5, 5.41) is 4.46. The summed E-state index contributed by atoms with van der Waals surface area (Å²) >= 11 is 0. The van der Waals surface area contributed by atoms with Crippen molar-refractivity contribution in [3.63, 3.8) is 0 Å². The zero-order valence-corrected chi connectivity index (χ0v) is 19.5. The zero-order chi connectivity index (χ0) is 21.8. The first-order valence-electron chi connectivity index (χ1n) is 12.0. The van der Waals surface area contributed by atoms with Gasteiger partial charge in [0, 0.05) is 50.0 Å². The van der Waals surface area contributed by atoms with Crippen molar-refractivity contribution in [1.82, 2.24) is 19.6 Å². The van der Waals surface area contributed by atoms with Gasteiger partial charge in [-0.25, -0.2) is 0 Å². The average Bonchev–Trinajstić information content (AvgIpc) is 3.51. The number of amides is 1. The molecule has 5 heteroatoms. The van der Waals surface area contributed by atoms with Crippen LogP contribution in [0.2, 0.25) is 0 Å². The van der Waals surface area contributed by atoms with E-state index in [0.717, 1.165) is 45.3 Å². The first kappa shape index (κ1) is 20.7. The molecule has 1 aromatic carbocycles. The molecule has 2 aromatic rings. The van der Waals surface area contributed by atoms with E-state index in [0.29, 0.717) is 23.9 Å². The van der Waals surface area contributed by atoms with Crippen LogP contribution in [0.5, 0.6) is 0 Å². The molecule has 0 N–H and O–H groups in total. The minimum atomic E-state index is -0.231. The number of aryl methyl sites for hydroxylation is 1. The van der Waals surface area contributed by atoms with Crippen molar-refractivity contribution in [2.24, 2.45) is 18.4 Å². The fraction of sp³-hybridized carbons (Fsp3) is 0.615. The Balaban J connectivity index is 1.42. The van der Waals surface area contributed by atoms with E-state index in [1.807, 2.05) is 17.9 Å². The molecule has 166 valence electrons. The summed E-state index contributed by atoms with van der Waals surface area (Å²) in [6.45, 7) is 9.20. The Kier molecular flexibility index (Phi) is 5.20. The maximum atomic E-state index is 14.2. The van der Waals surface area contributed by atoms with Gasteiger partial charge in [-0.3, -0.25) is 14.4 Å². The van der Waals surface area contributed by atoms with Crippen LogP contribution in [0.1, 0.15) is 68.3 Å². The Bertz CT molecular complexity index is 955. The van der Waals surface area contributed by atoms with E-state index < -0.39 is 0 Å². The molecule has 5 rings (SSSR count). The van der Waals surface area contributed by atoms with Crippen molar-refractivity contribution in [2.45, 2.75) is 84.6 Å². The molecule has 2 bridgehead atoms. The molecule has 1 amide bonds. The van der Waals surface area contributed by atoms with Crippen LogP contribution in [0.25, 0.3) is 0 Å². The second-order valence-corrected chi connectivity index (χ2v) is 10.5. The first-order valence-corrected chi connectivity index (χ1v) is 12.0. The molecule has 3 aliphatic heterocycles. The van der Waals surface area contributed by atoms with Crippen LogP contribution in [0.15, 0.2) is 30.5 Å². The molecule has 0 radical (unpaired) electrons. The van der Waals surface area contributed by atoms with Gasteiger partial charge in [0.25, 0.3) is 0 Å². The number of carbonyl (C=O) groups excluding carboxylic acids is 1. The van der Waals surface area contributed by atoms with Crippen molar-refractivity contribution in [3.8, 4) is 0 Å². The Morgan fingerprint density at radius 3 is 2.52 bits per heavy atom. The van der Waals surface area contributed by atoms with Gasteiger partial charge in [-0.2, -0.15) is 5.10 Å². The topological polar surface area (TPSA) is 41.4 Å². The van der Waals surface area contributed by atoms with Gasteiger partial charge in [-0.05, 0) is 56.1 Å². The second kappa shape index (κ2) is 7.77. The fourth-order valence-corrected chi connectivity index (χ4v) is 6.38. The predicted octanol–water partition coefficient (Wildman–Crippen LogP) is 4.43. The number of hydrogen-bond donors (Lipinski definition) is 0. The monoisotopic (exact) mass is 420 g/mol. The lowest BCUT2D eigenvalue weighted by Gasteiger charge is -2.39. The van der Waals surface area contributed by atoms with Gasteiger partial charge in [0.05, 0.1) is 11.6 Å². The van der Waals surface area contributed by atoms with Crippen LogP contribution in [-0.4, -0.2) is 37.6 Å². The van der Waals surface area contributed by atoms with Gasteiger partial charge in [0.15, 0.2) is 0 Å². The van der Waals surface area contributed by atoms with E-state index in [1.54, 1.807) is 0 Å². The van der Waals surface area contributed by atoms with Crippen LogP contribution in [0.3, 0.4) is 0 Å². The summed E-state index contributed by atoms with van der Waals surface area (Å²) in [5.74, 6) is 1.03. The Morgan fingerprint density at radius 2 is 1.90 bits per heavy atom. The van der Waals surface area contributed by atoms with Gasteiger partial charge in [-0.1, -0.05) is 38.1 Å². The van der Waals surface area contributed by atoms with Crippen molar-refractivity contribution in [3.05, 3.63) is 52.8 Å². The molecule has 0 unspecified atom stereocenters. The molecule has 3 aliphatic rings. The van der Waals surface area contributed by atoms with Gasteiger partial charge in [0.2, 0.25) is 5.91 Å². The zero-order valence-electron chi connectivity index (χ0n) is 19.5. The van der Waals surface area contributed by atoms with E-state index >= 15 is 0 Å². The second-order valence-electron chi connectivity index (χ2n) is 10.5. The SMILES string of the molecule is Cc1c(CN2[C@@H]3CC[C@H]2[C@@](CCC(C)C)(C(=O)N2Cc4ccccc4C2)C3)cnn1C. The molecular formula is C26H36N4O.